The van der Waals surface area contributed by atoms with E-state index in [9.17, 15) is 4.79 Å². The normalized spacial score (nSPS) is 10.7. The molecule has 2 rings (SSSR count). The maximum Gasteiger partial charge on any atom is 0.223 e. The first kappa shape index (κ1) is 16.7. The Hall–Kier alpha value is -2.66. The number of pyridine rings is 1. The molecular weight excluding hydrogens is 290 g/mol. The van der Waals surface area contributed by atoms with Crippen LogP contribution < -0.4 is 15.8 Å². The lowest BCUT2D eigenvalue weighted by molar-refractivity contribution is -0.121. The van der Waals surface area contributed by atoms with Crippen LogP contribution in [0.25, 0.3) is 12.2 Å². The first-order chi connectivity index (χ1) is 11.3. The number of nitrogens with two attached hydrogens (primary N) is 1. The molecule has 23 heavy (non-hydrogen) atoms. The van der Waals surface area contributed by atoms with E-state index in [1.807, 2.05) is 54.6 Å². The molecule has 5 nitrogen and oxygen atoms in total. The Kier molecular flexibility index (Phi) is 6.81. The van der Waals surface area contributed by atoms with Gasteiger partial charge in [0.05, 0.1) is 18.7 Å². The molecule has 0 atom stereocenters. The largest absolute Gasteiger partial charge is 0.493 e. The number of carbonyl (C=O) groups excluding carboxylic acids is 1. The fourth-order valence-corrected chi connectivity index (χ4v) is 1.89. The summed E-state index contributed by atoms with van der Waals surface area (Å²) in [5.74, 6) is 0.692. The molecule has 0 radical (unpaired) electrons. The Balaban J connectivity index is 1.78. The summed E-state index contributed by atoms with van der Waals surface area (Å²) in [6.07, 6.45) is 6.03. The standard InChI is InChI=1S/C18H21N3O2/c19-11-13-21-18(22)10-14-23-17-8-5-15(6-9-17)4-7-16-3-1-2-12-20-16/h1-9,12H,10-11,13-14,19H2,(H,21,22)/b7-4+. The van der Waals surface area contributed by atoms with Crippen LogP contribution in [-0.4, -0.2) is 30.6 Å². The number of ether oxygens (including phenoxy) is 1. The van der Waals surface area contributed by atoms with Crippen LogP contribution in [0.3, 0.4) is 0 Å². The minimum atomic E-state index is -0.0506. The predicted octanol–water partition coefficient (Wildman–Crippen LogP) is 2.10. The fourth-order valence-electron chi connectivity index (χ4n) is 1.89. The summed E-state index contributed by atoms with van der Waals surface area (Å²) in [5, 5.41) is 2.70. The first-order valence-corrected chi connectivity index (χ1v) is 7.56. The van der Waals surface area contributed by atoms with Crippen molar-refractivity contribution in [3.8, 4) is 5.75 Å². The molecule has 2 aromatic rings. The van der Waals surface area contributed by atoms with Crippen molar-refractivity contribution in [2.24, 2.45) is 5.73 Å². The average molecular weight is 311 g/mol. The molecule has 0 fully saturated rings. The van der Waals surface area contributed by atoms with Crippen molar-refractivity contribution < 1.29 is 9.53 Å². The van der Waals surface area contributed by atoms with Crippen molar-refractivity contribution in [1.29, 1.82) is 0 Å². The van der Waals surface area contributed by atoms with Crippen LogP contribution >= 0.6 is 0 Å². The maximum atomic E-state index is 11.4. The molecule has 0 aliphatic rings. The highest BCUT2D eigenvalue weighted by Gasteiger charge is 2.00. The lowest BCUT2D eigenvalue weighted by Gasteiger charge is -2.07. The highest BCUT2D eigenvalue weighted by atomic mass is 16.5. The zero-order chi connectivity index (χ0) is 16.3. The van der Waals surface area contributed by atoms with Gasteiger partial charge in [-0.1, -0.05) is 24.3 Å². The molecule has 0 aliphatic heterocycles. The Labute approximate surface area is 136 Å². The van der Waals surface area contributed by atoms with E-state index >= 15 is 0 Å². The summed E-state index contributed by atoms with van der Waals surface area (Å²) in [7, 11) is 0. The van der Waals surface area contributed by atoms with Gasteiger partial charge in [-0.25, -0.2) is 0 Å². The molecule has 1 aromatic carbocycles. The lowest BCUT2D eigenvalue weighted by atomic mass is 10.2. The SMILES string of the molecule is NCCNC(=O)CCOc1ccc(/C=C/c2ccccn2)cc1. The molecule has 3 N–H and O–H groups in total. The van der Waals surface area contributed by atoms with E-state index in [-0.39, 0.29) is 5.91 Å². The van der Waals surface area contributed by atoms with Crippen LogP contribution in [-0.2, 0) is 4.79 Å². The summed E-state index contributed by atoms with van der Waals surface area (Å²) in [6, 6.07) is 13.5. The van der Waals surface area contributed by atoms with E-state index in [1.54, 1.807) is 6.20 Å². The molecule has 0 saturated heterocycles. The second-order valence-electron chi connectivity index (χ2n) is 4.89. The third kappa shape index (κ3) is 6.32. The summed E-state index contributed by atoms with van der Waals surface area (Å²) in [6.45, 7) is 1.29. The van der Waals surface area contributed by atoms with E-state index in [0.717, 1.165) is 17.0 Å². The monoisotopic (exact) mass is 311 g/mol. The van der Waals surface area contributed by atoms with Gasteiger partial charge in [0.1, 0.15) is 5.75 Å². The molecule has 0 spiro atoms. The van der Waals surface area contributed by atoms with Crippen molar-refractivity contribution >= 4 is 18.1 Å². The van der Waals surface area contributed by atoms with Crippen LogP contribution in [0.1, 0.15) is 17.7 Å². The Bertz CT molecular complexity index is 624. The predicted molar refractivity (Wildman–Crippen MR) is 91.8 cm³/mol. The van der Waals surface area contributed by atoms with Crippen molar-refractivity contribution in [3.05, 3.63) is 59.9 Å². The number of aromatic nitrogens is 1. The fraction of sp³-hybridized carbons (Fsp3) is 0.222. The molecule has 0 bridgehead atoms. The average Bonchev–Trinajstić information content (AvgIpc) is 2.60. The van der Waals surface area contributed by atoms with Gasteiger partial charge in [-0.3, -0.25) is 9.78 Å². The summed E-state index contributed by atoms with van der Waals surface area (Å²) < 4.78 is 5.55. The van der Waals surface area contributed by atoms with Gasteiger partial charge >= 0.3 is 0 Å². The summed E-state index contributed by atoms with van der Waals surface area (Å²) >= 11 is 0. The van der Waals surface area contributed by atoms with Gasteiger partial charge in [0.2, 0.25) is 5.91 Å². The topological polar surface area (TPSA) is 77.2 Å². The maximum absolute atomic E-state index is 11.4. The molecule has 1 aromatic heterocycles. The van der Waals surface area contributed by atoms with Crippen molar-refractivity contribution in [1.82, 2.24) is 10.3 Å². The van der Waals surface area contributed by atoms with Crippen molar-refractivity contribution in [3.63, 3.8) is 0 Å². The van der Waals surface area contributed by atoms with Crippen LogP contribution in [0.5, 0.6) is 5.75 Å². The first-order valence-electron chi connectivity index (χ1n) is 7.56. The minimum Gasteiger partial charge on any atom is -0.493 e. The lowest BCUT2D eigenvalue weighted by Crippen LogP contribution is -2.29. The number of hydrogen-bond donors (Lipinski definition) is 2. The van der Waals surface area contributed by atoms with Crippen LogP contribution in [0.15, 0.2) is 48.7 Å². The molecule has 1 amide bonds. The van der Waals surface area contributed by atoms with Gasteiger partial charge < -0.3 is 15.8 Å². The Morgan fingerprint density at radius 3 is 2.70 bits per heavy atom. The number of hydrogen-bond acceptors (Lipinski definition) is 4. The number of rotatable bonds is 8. The van der Waals surface area contributed by atoms with Crippen molar-refractivity contribution in [2.45, 2.75) is 6.42 Å². The van der Waals surface area contributed by atoms with Gasteiger partial charge in [0, 0.05) is 19.3 Å². The van der Waals surface area contributed by atoms with Gasteiger partial charge in [0.15, 0.2) is 0 Å². The van der Waals surface area contributed by atoms with Gasteiger partial charge in [0.25, 0.3) is 0 Å². The van der Waals surface area contributed by atoms with Crippen molar-refractivity contribution in [2.75, 3.05) is 19.7 Å². The number of nitrogens with one attached hydrogen (secondary N) is 1. The third-order valence-corrected chi connectivity index (χ3v) is 3.08. The number of nitrogens with zero attached hydrogens (tertiary/aromatic N) is 1. The highest BCUT2D eigenvalue weighted by molar-refractivity contribution is 5.76. The quantitative estimate of drug-likeness (QED) is 0.782. The Morgan fingerprint density at radius 1 is 1.17 bits per heavy atom. The molecule has 1 heterocycles. The van der Waals surface area contributed by atoms with E-state index < -0.39 is 0 Å². The summed E-state index contributed by atoms with van der Waals surface area (Å²) in [5.41, 5.74) is 7.29. The Morgan fingerprint density at radius 2 is 2.00 bits per heavy atom. The van der Waals surface area contributed by atoms with Crippen LogP contribution in [0, 0.1) is 0 Å². The molecule has 120 valence electrons. The second-order valence-corrected chi connectivity index (χ2v) is 4.89. The molecule has 0 aliphatic carbocycles. The van der Waals surface area contributed by atoms with E-state index in [1.165, 1.54) is 0 Å². The van der Waals surface area contributed by atoms with Crippen LogP contribution in [0.2, 0.25) is 0 Å². The van der Waals surface area contributed by atoms with E-state index in [4.69, 9.17) is 10.5 Å². The zero-order valence-corrected chi connectivity index (χ0v) is 12.9. The number of benzene rings is 1. The molecule has 5 heteroatoms. The second kappa shape index (κ2) is 9.38. The van der Waals surface area contributed by atoms with Gasteiger partial charge in [-0.2, -0.15) is 0 Å². The minimum absolute atomic E-state index is 0.0506. The van der Waals surface area contributed by atoms with Gasteiger partial charge in [-0.05, 0) is 35.9 Å². The smallest absolute Gasteiger partial charge is 0.223 e. The number of amides is 1. The molecule has 0 saturated carbocycles. The number of carbonyl (C=O) groups is 1. The van der Waals surface area contributed by atoms with Gasteiger partial charge in [-0.15, -0.1) is 0 Å². The zero-order valence-electron chi connectivity index (χ0n) is 12.9. The van der Waals surface area contributed by atoms with E-state index in [2.05, 4.69) is 10.3 Å². The van der Waals surface area contributed by atoms with E-state index in [0.29, 0.717) is 26.1 Å². The summed E-state index contributed by atoms with van der Waals surface area (Å²) in [4.78, 5) is 15.6. The molecular formula is C18H21N3O2. The molecule has 0 unspecified atom stereocenters. The van der Waals surface area contributed by atoms with Crippen LogP contribution in [0.4, 0.5) is 0 Å². The highest BCUT2D eigenvalue weighted by Crippen LogP contribution is 2.14. The third-order valence-electron chi connectivity index (χ3n) is 3.08.